The van der Waals surface area contributed by atoms with E-state index in [2.05, 4.69) is 12.0 Å². The smallest absolute Gasteiger partial charge is 0.247 e. The van der Waals surface area contributed by atoms with E-state index in [9.17, 15) is 8.42 Å². The summed E-state index contributed by atoms with van der Waals surface area (Å²) in [7, 11) is -0.334. The third-order valence-corrected chi connectivity index (χ3v) is 5.40. The van der Waals surface area contributed by atoms with Crippen LogP contribution in [0.15, 0.2) is 4.90 Å². The Kier molecular flexibility index (Phi) is 5.19. The lowest BCUT2D eigenvalue weighted by atomic mass is 10.2. The lowest BCUT2D eigenvalue weighted by Crippen LogP contribution is -2.28. The molecule has 0 spiro atoms. The average Bonchev–Trinajstić information content (AvgIpc) is 2.53. The molecular formula is C11H20ClN3O2S. The number of rotatable bonds is 6. The van der Waals surface area contributed by atoms with E-state index in [1.54, 1.807) is 21.0 Å². The fourth-order valence-corrected chi connectivity index (χ4v) is 3.67. The molecule has 0 amide bonds. The second-order valence-electron chi connectivity index (χ2n) is 4.36. The largest absolute Gasteiger partial charge is 0.255 e. The van der Waals surface area contributed by atoms with Crippen LogP contribution in [0.2, 0.25) is 5.15 Å². The lowest BCUT2D eigenvalue weighted by molar-refractivity contribution is 0.454. The monoisotopic (exact) mass is 293 g/mol. The number of unbranched alkanes of at least 4 members (excludes halogenated alkanes) is 2. The van der Waals surface area contributed by atoms with Crippen LogP contribution < -0.4 is 0 Å². The molecule has 0 bridgehead atoms. The van der Waals surface area contributed by atoms with Gasteiger partial charge in [-0.1, -0.05) is 31.4 Å². The molecule has 0 atom stereocenters. The first kappa shape index (κ1) is 15.5. The van der Waals surface area contributed by atoms with Gasteiger partial charge in [-0.2, -0.15) is 5.10 Å². The van der Waals surface area contributed by atoms with Crippen molar-refractivity contribution < 1.29 is 8.42 Å². The highest BCUT2D eigenvalue weighted by Gasteiger charge is 2.28. The zero-order chi connectivity index (χ0) is 13.9. The molecule has 0 N–H and O–H groups in total. The van der Waals surface area contributed by atoms with E-state index in [0.717, 1.165) is 19.3 Å². The molecule has 0 unspecified atom stereocenters. The highest BCUT2D eigenvalue weighted by atomic mass is 35.5. The molecule has 1 aromatic heterocycles. The molecule has 7 heteroatoms. The Morgan fingerprint density at radius 1 is 1.39 bits per heavy atom. The normalized spacial score (nSPS) is 12.3. The molecule has 0 saturated heterocycles. The molecule has 0 aliphatic carbocycles. The minimum Gasteiger partial charge on any atom is -0.255 e. The number of hydrogen-bond donors (Lipinski definition) is 0. The SMILES string of the molecule is CCCCCN(C)S(=O)(=O)c1c(C)nn(C)c1Cl. The molecule has 5 nitrogen and oxygen atoms in total. The van der Waals surface area contributed by atoms with Crippen molar-refractivity contribution in [3.05, 3.63) is 10.8 Å². The summed E-state index contributed by atoms with van der Waals surface area (Å²) in [5, 5.41) is 4.20. The van der Waals surface area contributed by atoms with Gasteiger partial charge in [0.1, 0.15) is 10.0 Å². The van der Waals surface area contributed by atoms with Crippen molar-refractivity contribution in [2.24, 2.45) is 7.05 Å². The van der Waals surface area contributed by atoms with E-state index in [-0.39, 0.29) is 10.0 Å². The van der Waals surface area contributed by atoms with Crippen molar-refractivity contribution in [3.8, 4) is 0 Å². The van der Waals surface area contributed by atoms with Crippen LogP contribution in [0.1, 0.15) is 31.9 Å². The molecule has 1 aromatic rings. The number of halogens is 1. The first-order chi connectivity index (χ1) is 8.32. The van der Waals surface area contributed by atoms with Crippen molar-refractivity contribution in [2.45, 2.75) is 38.0 Å². The van der Waals surface area contributed by atoms with E-state index in [4.69, 9.17) is 11.6 Å². The summed E-state index contributed by atoms with van der Waals surface area (Å²) < 4.78 is 27.5. The summed E-state index contributed by atoms with van der Waals surface area (Å²) in [5.41, 5.74) is 0.435. The quantitative estimate of drug-likeness (QED) is 0.756. The van der Waals surface area contributed by atoms with Gasteiger partial charge in [-0.25, -0.2) is 12.7 Å². The van der Waals surface area contributed by atoms with Crippen LogP contribution in [-0.2, 0) is 17.1 Å². The zero-order valence-corrected chi connectivity index (χ0v) is 12.8. The predicted octanol–water partition coefficient (Wildman–Crippen LogP) is 2.19. The first-order valence-electron chi connectivity index (χ1n) is 5.97. The Labute approximate surface area is 114 Å². The first-order valence-corrected chi connectivity index (χ1v) is 7.79. The van der Waals surface area contributed by atoms with Gasteiger partial charge in [0.15, 0.2) is 0 Å². The summed E-state index contributed by atoms with van der Waals surface area (Å²) in [5.74, 6) is 0. The summed E-state index contributed by atoms with van der Waals surface area (Å²) in [6.45, 7) is 4.23. The molecular weight excluding hydrogens is 274 g/mol. The van der Waals surface area contributed by atoms with Crippen molar-refractivity contribution in [1.29, 1.82) is 0 Å². The van der Waals surface area contributed by atoms with E-state index in [0.29, 0.717) is 12.2 Å². The van der Waals surface area contributed by atoms with Gasteiger partial charge in [-0.15, -0.1) is 0 Å². The molecule has 104 valence electrons. The number of sulfonamides is 1. The van der Waals surface area contributed by atoms with Gasteiger partial charge in [-0.05, 0) is 13.3 Å². The maximum absolute atomic E-state index is 12.4. The number of hydrogen-bond acceptors (Lipinski definition) is 3. The molecule has 18 heavy (non-hydrogen) atoms. The Morgan fingerprint density at radius 2 is 2.00 bits per heavy atom. The van der Waals surface area contributed by atoms with E-state index < -0.39 is 10.0 Å². The van der Waals surface area contributed by atoms with Crippen LogP contribution in [0.5, 0.6) is 0 Å². The van der Waals surface area contributed by atoms with Crippen LogP contribution in [-0.4, -0.2) is 36.1 Å². The van der Waals surface area contributed by atoms with Gasteiger partial charge in [0.2, 0.25) is 10.0 Å². The summed E-state index contributed by atoms with van der Waals surface area (Å²) >= 11 is 6.00. The second kappa shape index (κ2) is 6.04. The predicted molar refractivity (Wildman–Crippen MR) is 72.3 cm³/mol. The zero-order valence-electron chi connectivity index (χ0n) is 11.3. The molecule has 1 heterocycles. The van der Waals surface area contributed by atoms with Gasteiger partial charge in [0.25, 0.3) is 0 Å². The molecule has 0 fully saturated rings. The molecule has 0 aromatic carbocycles. The summed E-state index contributed by atoms with van der Waals surface area (Å²) in [4.78, 5) is 0.116. The summed E-state index contributed by atoms with van der Waals surface area (Å²) in [6, 6.07) is 0. The highest BCUT2D eigenvalue weighted by Crippen LogP contribution is 2.26. The summed E-state index contributed by atoms with van der Waals surface area (Å²) in [6.07, 6.45) is 2.92. The third kappa shape index (κ3) is 3.05. The van der Waals surface area contributed by atoms with Gasteiger partial charge in [0.05, 0.1) is 5.69 Å². The van der Waals surface area contributed by atoms with Gasteiger partial charge in [0, 0.05) is 20.6 Å². The van der Waals surface area contributed by atoms with Gasteiger partial charge in [-0.3, -0.25) is 4.68 Å². The van der Waals surface area contributed by atoms with Crippen molar-refractivity contribution >= 4 is 21.6 Å². The molecule has 0 aliphatic heterocycles. The average molecular weight is 294 g/mol. The van der Waals surface area contributed by atoms with Crippen LogP contribution in [0.4, 0.5) is 0 Å². The fourth-order valence-electron chi connectivity index (χ4n) is 1.76. The number of nitrogens with zero attached hydrogens (tertiary/aromatic N) is 3. The Morgan fingerprint density at radius 3 is 2.44 bits per heavy atom. The Bertz CT molecular complexity index is 511. The Balaban J connectivity index is 2.99. The lowest BCUT2D eigenvalue weighted by Gasteiger charge is -2.16. The van der Waals surface area contributed by atoms with Crippen molar-refractivity contribution in [2.75, 3.05) is 13.6 Å². The second-order valence-corrected chi connectivity index (χ2v) is 6.70. The Hall–Kier alpha value is -0.590. The van der Waals surface area contributed by atoms with Crippen LogP contribution >= 0.6 is 11.6 Å². The van der Waals surface area contributed by atoms with Crippen molar-refractivity contribution in [1.82, 2.24) is 14.1 Å². The molecule has 0 aliphatic rings. The minimum absolute atomic E-state index is 0.116. The van der Waals surface area contributed by atoms with Crippen LogP contribution in [0.25, 0.3) is 0 Å². The number of aromatic nitrogens is 2. The maximum atomic E-state index is 12.4. The van der Waals surface area contributed by atoms with Crippen LogP contribution in [0, 0.1) is 6.92 Å². The van der Waals surface area contributed by atoms with Crippen molar-refractivity contribution in [3.63, 3.8) is 0 Å². The third-order valence-electron chi connectivity index (χ3n) is 2.84. The van der Waals surface area contributed by atoms with E-state index in [1.165, 1.54) is 8.99 Å². The maximum Gasteiger partial charge on any atom is 0.247 e. The van der Waals surface area contributed by atoms with Gasteiger partial charge >= 0.3 is 0 Å². The minimum atomic E-state index is -3.54. The fraction of sp³-hybridized carbons (Fsp3) is 0.727. The topological polar surface area (TPSA) is 55.2 Å². The molecule has 1 rings (SSSR count). The van der Waals surface area contributed by atoms with E-state index in [1.807, 2.05) is 0 Å². The standard InChI is InChI=1S/C11H20ClN3O2S/c1-5-6-7-8-14(3)18(16,17)10-9(2)13-15(4)11(10)12/h5-8H2,1-4H3. The molecule has 0 saturated carbocycles. The van der Waals surface area contributed by atoms with E-state index >= 15 is 0 Å². The van der Waals surface area contributed by atoms with Gasteiger partial charge < -0.3 is 0 Å². The molecule has 0 radical (unpaired) electrons. The number of aryl methyl sites for hydroxylation is 2. The highest BCUT2D eigenvalue weighted by molar-refractivity contribution is 7.89. The van der Waals surface area contributed by atoms with Crippen LogP contribution in [0.3, 0.4) is 0 Å².